The molecule has 2 heterocycles. The van der Waals surface area contributed by atoms with Crippen LogP contribution in [0.3, 0.4) is 0 Å². The molecule has 1 atom stereocenters. The van der Waals surface area contributed by atoms with Crippen molar-refractivity contribution in [2.24, 2.45) is 0 Å². The fourth-order valence-corrected chi connectivity index (χ4v) is 2.56. The van der Waals surface area contributed by atoms with Gasteiger partial charge in [0.2, 0.25) is 0 Å². The molecule has 0 radical (unpaired) electrons. The van der Waals surface area contributed by atoms with E-state index in [0.29, 0.717) is 18.3 Å². The van der Waals surface area contributed by atoms with Crippen molar-refractivity contribution in [1.82, 2.24) is 9.55 Å². The normalized spacial score (nSPS) is 18.6. The number of aromatic nitrogens is 2. The van der Waals surface area contributed by atoms with Crippen LogP contribution in [0.25, 0.3) is 11.4 Å². The smallest absolute Gasteiger partial charge is 0.330 e. The molecule has 1 unspecified atom stereocenters. The predicted molar refractivity (Wildman–Crippen MR) is 65.7 cm³/mol. The van der Waals surface area contributed by atoms with Gasteiger partial charge in [-0.15, -0.1) is 0 Å². The lowest BCUT2D eigenvalue weighted by molar-refractivity contribution is -0.140. The van der Waals surface area contributed by atoms with Gasteiger partial charge in [-0.3, -0.25) is 0 Å². The van der Waals surface area contributed by atoms with Gasteiger partial charge in [0.1, 0.15) is 5.82 Å². The number of aryl methyl sites for hydroxylation is 1. The Labute approximate surface area is 108 Å². The van der Waals surface area contributed by atoms with E-state index in [0.717, 1.165) is 23.7 Å². The summed E-state index contributed by atoms with van der Waals surface area (Å²) in [5, 5.41) is 0. The number of rotatable bonds is 0. The van der Waals surface area contributed by atoms with Crippen LogP contribution in [0.15, 0.2) is 30.5 Å². The Hall–Kier alpha value is -1.78. The Morgan fingerprint density at radius 1 is 1.26 bits per heavy atom. The second kappa shape index (κ2) is 4.11. The molecule has 2 nitrogen and oxygen atoms in total. The molecule has 19 heavy (non-hydrogen) atoms. The van der Waals surface area contributed by atoms with E-state index in [-0.39, 0.29) is 0 Å². The fourth-order valence-electron chi connectivity index (χ4n) is 2.56. The molecular weight excluding hydrogens is 253 g/mol. The van der Waals surface area contributed by atoms with Gasteiger partial charge in [0.05, 0.1) is 0 Å². The third-order valence-corrected chi connectivity index (χ3v) is 3.60. The molecule has 0 bridgehead atoms. The van der Waals surface area contributed by atoms with Crippen molar-refractivity contribution < 1.29 is 13.2 Å². The van der Waals surface area contributed by atoms with Crippen LogP contribution < -0.4 is 0 Å². The maximum atomic E-state index is 12.8. The van der Waals surface area contributed by atoms with Crippen LogP contribution >= 0.6 is 0 Å². The SMILES string of the molecule is CC1CCn2cc(C(F)(F)F)nc2-c2ccccc21. The van der Waals surface area contributed by atoms with Gasteiger partial charge in [-0.2, -0.15) is 13.2 Å². The van der Waals surface area contributed by atoms with Crippen molar-refractivity contribution in [3.05, 3.63) is 41.7 Å². The standard InChI is InChI=1S/C14H13F3N2/c1-9-6-7-19-8-12(14(15,16)17)18-13(19)11-5-3-2-4-10(9)11/h2-5,8-9H,6-7H2,1H3. The number of hydrogen-bond acceptors (Lipinski definition) is 1. The zero-order valence-electron chi connectivity index (χ0n) is 10.4. The molecule has 2 aromatic rings. The summed E-state index contributed by atoms with van der Waals surface area (Å²) >= 11 is 0. The van der Waals surface area contributed by atoms with Gasteiger partial charge in [0.25, 0.3) is 0 Å². The van der Waals surface area contributed by atoms with Crippen molar-refractivity contribution in [3.63, 3.8) is 0 Å². The van der Waals surface area contributed by atoms with E-state index in [4.69, 9.17) is 0 Å². The lowest BCUT2D eigenvalue weighted by Crippen LogP contribution is -2.05. The number of fused-ring (bicyclic) bond motifs is 3. The van der Waals surface area contributed by atoms with E-state index in [9.17, 15) is 13.2 Å². The van der Waals surface area contributed by atoms with Crippen LogP contribution in [0.2, 0.25) is 0 Å². The second-order valence-corrected chi connectivity index (χ2v) is 4.92. The molecule has 1 aromatic heterocycles. The number of imidazole rings is 1. The summed E-state index contributed by atoms with van der Waals surface area (Å²) in [6.45, 7) is 2.66. The highest BCUT2D eigenvalue weighted by Gasteiger charge is 2.35. The molecular formula is C14H13F3N2. The monoisotopic (exact) mass is 266 g/mol. The molecule has 1 aliphatic heterocycles. The van der Waals surface area contributed by atoms with Gasteiger partial charge in [-0.1, -0.05) is 31.2 Å². The van der Waals surface area contributed by atoms with Gasteiger partial charge in [-0.05, 0) is 17.9 Å². The number of halogens is 3. The van der Waals surface area contributed by atoms with Crippen LogP contribution in [0.4, 0.5) is 13.2 Å². The third-order valence-electron chi connectivity index (χ3n) is 3.60. The van der Waals surface area contributed by atoms with Crippen molar-refractivity contribution >= 4 is 0 Å². The van der Waals surface area contributed by atoms with Crippen LogP contribution in [0, 0.1) is 0 Å². The van der Waals surface area contributed by atoms with E-state index in [1.165, 1.54) is 0 Å². The largest absolute Gasteiger partial charge is 0.434 e. The second-order valence-electron chi connectivity index (χ2n) is 4.92. The van der Waals surface area contributed by atoms with E-state index in [2.05, 4.69) is 11.9 Å². The number of nitrogens with zero attached hydrogens (tertiary/aromatic N) is 2. The van der Waals surface area contributed by atoms with Crippen molar-refractivity contribution in [1.29, 1.82) is 0 Å². The molecule has 0 amide bonds. The minimum absolute atomic E-state index is 0.326. The molecule has 5 heteroatoms. The van der Waals surface area contributed by atoms with E-state index in [1.807, 2.05) is 24.3 Å². The summed E-state index contributed by atoms with van der Waals surface area (Å²) in [4.78, 5) is 3.80. The number of hydrogen-bond donors (Lipinski definition) is 0. The third kappa shape index (κ3) is 2.03. The average Bonchev–Trinajstić information content (AvgIpc) is 2.75. The summed E-state index contributed by atoms with van der Waals surface area (Å²) in [6.07, 6.45) is -2.46. The first-order valence-electron chi connectivity index (χ1n) is 6.20. The molecule has 1 aliphatic rings. The lowest BCUT2D eigenvalue weighted by Gasteiger charge is -2.10. The molecule has 0 spiro atoms. The van der Waals surface area contributed by atoms with Gasteiger partial charge < -0.3 is 4.57 Å². The molecule has 3 rings (SSSR count). The van der Waals surface area contributed by atoms with Gasteiger partial charge >= 0.3 is 6.18 Å². The average molecular weight is 266 g/mol. The van der Waals surface area contributed by atoms with Crippen molar-refractivity contribution in [3.8, 4) is 11.4 Å². The zero-order valence-corrected chi connectivity index (χ0v) is 10.4. The van der Waals surface area contributed by atoms with Crippen LogP contribution in [-0.2, 0) is 12.7 Å². The highest BCUT2D eigenvalue weighted by atomic mass is 19.4. The first-order chi connectivity index (χ1) is 8.97. The maximum Gasteiger partial charge on any atom is 0.434 e. The van der Waals surface area contributed by atoms with Crippen LogP contribution in [-0.4, -0.2) is 9.55 Å². The Morgan fingerprint density at radius 2 is 2.00 bits per heavy atom. The Morgan fingerprint density at radius 3 is 2.74 bits per heavy atom. The van der Waals surface area contributed by atoms with E-state index in [1.54, 1.807) is 4.57 Å². The molecule has 0 aliphatic carbocycles. The van der Waals surface area contributed by atoms with Gasteiger partial charge in [0, 0.05) is 18.3 Å². The topological polar surface area (TPSA) is 17.8 Å². The lowest BCUT2D eigenvalue weighted by atomic mass is 9.94. The quantitative estimate of drug-likeness (QED) is 0.702. The van der Waals surface area contributed by atoms with Crippen molar-refractivity contribution in [2.45, 2.75) is 32.0 Å². The zero-order chi connectivity index (χ0) is 13.6. The molecule has 100 valence electrons. The molecule has 0 fully saturated rings. The summed E-state index contributed by atoms with van der Waals surface area (Å²) in [5.41, 5.74) is 1.07. The summed E-state index contributed by atoms with van der Waals surface area (Å²) in [5.74, 6) is 0.750. The van der Waals surface area contributed by atoms with E-state index < -0.39 is 11.9 Å². The summed E-state index contributed by atoms with van der Waals surface area (Å²) in [6, 6.07) is 7.56. The predicted octanol–water partition coefficient (Wildman–Crippen LogP) is 4.08. The first-order valence-corrected chi connectivity index (χ1v) is 6.20. The fraction of sp³-hybridized carbons (Fsp3) is 0.357. The highest BCUT2D eigenvalue weighted by Crippen LogP contribution is 2.37. The summed E-state index contributed by atoms with van der Waals surface area (Å²) < 4.78 is 39.9. The molecule has 0 saturated carbocycles. The van der Waals surface area contributed by atoms with Crippen LogP contribution in [0.1, 0.15) is 30.5 Å². The highest BCUT2D eigenvalue weighted by molar-refractivity contribution is 5.63. The first kappa shape index (κ1) is 12.3. The molecule has 0 saturated heterocycles. The minimum atomic E-state index is -4.39. The van der Waals surface area contributed by atoms with Gasteiger partial charge in [0.15, 0.2) is 5.69 Å². The van der Waals surface area contributed by atoms with Crippen molar-refractivity contribution in [2.75, 3.05) is 0 Å². The summed E-state index contributed by atoms with van der Waals surface area (Å²) in [7, 11) is 0. The Bertz CT molecular complexity index is 613. The van der Waals surface area contributed by atoms with Gasteiger partial charge in [-0.25, -0.2) is 4.98 Å². The molecule has 1 aromatic carbocycles. The number of benzene rings is 1. The Kier molecular flexibility index (Phi) is 2.66. The maximum absolute atomic E-state index is 12.8. The molecule has 0 N–H and O–H groups in total. The Balaban J connectivity index is 2.19. The van der Waals surface area contributed by atoms with E-state index >= 15 is 0 Å². The minimum Gasteiger partial charge on any atom is -0.330 e. The van der Waals surface area contributed by atoms with Crippen LogP contribution in [0.5, 0.6) is 0 Å². The number of alkyl halides is 3.